The highest BCUT2D eigenvalue weighted by Crippen LogP contribution is 2.19. The number of piperazine rings is 1. The Morgan fingerprint density at radius 1 is 1.20 bits per heavy atom. The summed E-state index contributed by atoms with van der Waals surface area (Å²) in [5, 5.41) is 2.79. The summed E-state index contributed by atoms with van der Waals surface area (Å²) in [6, 6.07) is 6.06. The van der Waals surface area contributed by atoms with E-state index in [9.17, 15) is 14.0 Å². The van der Waals surface area contributed by atoms with Crippen LogP contribution >= 0.6 is 0 Å². The van der Waals surface area contributed by atoms with E-state index in [2.05, 4.69) is 10.2 Å². The fourth-order valence-electron chi connectivity index (χ4n) is 2.86. The van der Waals surface area contributed by atoms with Crippen LogP contribution in [0.2, 0.25) is 0 Å². The molecule has 1 aliphatic rings. The molecule has 1 fully saturated rings. The van der Waals surface area contributed by atoms with Crippen LogP contribution in [0.1, 0.15) is 25.5 Å². The first kappa shape index (κ1) is 19.2. The molecule has 1 unspecified atom stereocenters. The second kappa shape index (κ2) is 8.80. The summed E-state index contributed by atoms with van der Waals surface area (Å²) in [4.78, 5) is 29.8. The summed E-state index contributed by atoms with van der Waals surface area (Å²) in [6.07, 6.45) is 0. The van der Waals surface area contributed by atoms with Gasteiger partial charge in [0.25, 0.3) is 0 Å². The third kappa shape index (κ3) is 5.16. The third-order valence-electron chi connectivity index (χ3n) is 4.67. The van der Waals surface area contributed by atoms with E-state index in [1.165, 1.54) is 12.1 Å². The smallest absolute Gasteiger partial charge is 0.317 e. The molecule has 1 N–H and O–H groups in total. The highest BCUT2D eigenvalue weighted by molar-refractivity contribution is 5.78. The Bertz CT molecular complexity index is 585. The van der Waals surface area contributed by atoms with Crippen molar-refractivity contribution in [3.63, 3.8) is 0 Å². The number of halogens is 1. The molecule has 1 atom stereocenters. The first-order valence-electron chi connectivity index (χ1n) is 8.68. The van der Waals surface area contributed by atoms with E-state index in [1.807, 2.05) is 13.8 Å². The van der Waals surface area contributed by atoms with Crippen LogP contribution in [0.5, 0.6) is 0 Å². The van der Waals surface area contributed by atoms with Crippen LogP contribution in [-0.4, -0.2) is 73.0 Å². The lowest BCUT2D eigenvalue weighted by Gasteiger charge is -2.35. The fourth-order valence-corrected chi connectivity index (χ4v) is 2.86. The lowest BCUT2D eigenvalue weighted by molar-refractivity contribution is -0.133. The summed E-state index contributed by atoms with van der Waals surface area (Å²) in [5.41, 5.74) is 0.901. The van der Waals surface area contributed by atoms with Crippen molar-refractivity contribution in [1.82, 2.24) is 20.0 Å². The molecule has 25 heavy (non-hydrogen) atoms. The number of amides is 3. The average Bonchev–Trinajstić information content (AvgIpc) is 2.62. The van der Waals surface area contributed by atoms with Gasteiger partial charge in [0.15, 0.2) is 0 Å². The number of urea groups is 1. The molecule has 3 amide bonds. The molecule has 7 heteroatoms. The monoisotopic (exact) mass is 350 g/mol. The van der Waals surface area contributed by atoms with Gasteiger partial charge in [-0.05, 0) is 31.5 Å². The van der Waals surface area contributed by atoms with Crippen molar-refractivity contribution < 1.29 is 14.0 Å². The van der Waals surface area contributed by atoms with Crippen LogP contribution in [0.15, 0.2) is 24.3 Å². The number of carbonyl (C=O) groups is 2. The lowest BCUT2D eigenvalue weighted by Crippen LogP contribution is -2.53. The van der Waals surface area contributed by atoms with E-state index < -0.39 is 0 Å². The molecule has 6 nitrogen and oxygen atoms in total. The van der Waals surface area contributed by atoms with Gasteiger partial charge >= 0.3 is 6.03 Å². The molecule has 0 saturated carbocycles. The van der Waals surface area contributed by atoms with Crippen LogP contribution in [0.25, 0.3) is 0 Å². The maximum atomic E-state index is 13.0. The number of rotatable bonds is 5. The Morgan fingerprint density at radius 3 is 2.36 bits per heavy atom. The second-order valence-electron chi connectivity index (χ2n) is 6.33. The van der Waals surface area contributed by atoms with Crippen LogP contribution in [0.4, 0.5) is 9.18 Å². The van der Waals surface area contributed by atoms with E-state index >= 15 is 0 Å². The van der Waals surface area contributed by atoms with Crippen molar-refractivity contribution in [2.45, 2.75) is 19.9 Å². The summed E-state index contributed by atoms with van der Waals surface area (Å²) in [5.74, 6) is -0.266. The summed E-state index contributed by atoms with van der Waals surface area (Å²) >= 11 is 0. The number of nitrogens with zero attached hydrogens (tertiary/aromatic N) is 3. The molecule has 1 heterocycles. The first-order valence-corrected chi connectivity index (χ1v) is 8.68. The molecule has 0 aromatic heterocycles. The molecule has 1 saturated heterocycles. The summed E-state index contributed by atoms with van der Waals surface area (Å²) in [7, 11) is 1.77. The van der Waals surface area contributed by atoms with Gasteiger partial charge in [0.2, 0.25) is 5.91 Å². The number of likely N-dealkylation sites (N-methyl/N-ethyl adjacent to an activating group) is 1. The highest BCUT2D eigenvalue weighted by Gasteiger charge is 2.24. The number of hydrogen-bond acceptors (Lipinski definition) is 3. The molecule has 0 bridgehead atoms. The highest BCUT2D eigenvalue weighted by atomic mass is 19.1. The Balaban J connectivity index is 1.83. The molecule has 0 spiro atoms. The number of carbonyl (C=O) groups excluding carboxylic acids is 2. The predicted octanol–water partition coefficient (Wildman–Crippen LogP) is 1.69. The minimum atomic E-state index is -0.282. The van der Waals surface area contributed by atoms with Gasteiger partial charge in [-0.1, -0.05) is 12.1 Å². The van der Waals surface area contributed by atoms with Crippen molar-refractivity contribution in [3.05, 3.63) is 35.6 Å². The van der Waals surface area contributed by atoms with Gasteiger partial charge in [-0.2, -0.15) is 0 Å². The standard InChI is InChI=1S/C18H27FN4O2/c1-4-20-18(25)23-11-9-22(10-12-23)13-17(24)21(3)14(2)15-5-7-16(19)8-6-15/h5-8,14H,4,9-13H2,1-3H3,(H,20,25). The molecule has 1 aromatic rings. The van der Waals surface area contributed by atoms with Crippen molar-refractivity contribution in [2.75, 3.05) is 46.3 Å². The predicted molar refractivity (Wildman–Crippen MR) is 94.7 cm³/mol. The van der Waals surface area contributed by atoms with Crippen LogP contribution < -0.4 is 5.32 Å². The van der Waals surface area contributed by atoms with E-state index in [4.69, 9.17) is 0 Å². The van der Waals surface area contributed by atoms with Crippen molar-refractivity contribution in [2.24, 2.45) is 0 Å². The summed E-state index contributed by atoms with van der Waals surface area (Å²) in [6.45, 7) is 7.37. The maximum absolute atomic E-state index is 13.0. The minimum Gasteiger partial charge on any atom is -0.338 e. The van der Waals surface area contributed by atoms with Gasteiger partial charge in [-0.15, -0.1) is 0 Å². The first-order chi connectivity index (χ1) is 11.9. The quantitative estimate of drug-likeness (QED) is 0.879. The maximum Gasteiger partial charge on any atom is 0.317 e. The molecule has 2 rings (SSSR count). The van der Waals surface area contributed by atoms with Crippen molar-refractivity contribution in [1.29, 1.82) is 0 Å². The lowest BCUT2D eigenvalue weighted by atomic mass is 10.1. The van der Waals surface area contributed by atoms with Crippen LogP contribution in [0, 0.1) is 5.82 Å². The second-order valence-corrected chi connectivity index (χ2v) is 6.33. The van der Waals surface area contributed by atoms with Gasteiger partial charge in [-0.3, -0.25) is 9.69 Å². The minimum absolute atomic E-state index is 0.0169. The average molecular weight is 350 g/mol. The molecule has 1 aromatic carbocycles. The van der Waals surface area contributed by atoms with E-state index in [0.29, 0.717) is 39.3 Å². The van der Waals surface area contributed by atoms with E-state index in [0.717, 1.165) is 5.56 Å². The molecular weight excluding hydrogens is 323 g/mol. The molecular formula is C18H27FN4O2. The zero-order valence-corrected chi connectivity index (χ0v) is 15.2. The fraction of sp³-hybridized carbons (Fsp3) is 0.556. The zero-order valence-electron chi connectivity index (χ0n) is 15.2. The zero-order chi connectivity index (χ0) is 18.4. The van der Waals surface area contributed by atoms with Gasteiger partial charge in [0.1, 0.15) is 5.82 Å². The summed E-state index contributed by atoms with van der Waals surface area (Å²) < 4.78 is 13.0. The Hall–Kier alpha value is -2.15. The van der Waals surface area contributed by atoms with Gasteiger partial charge < -0.3 is 15.1 Å². The molecule has 1 aliphatic heterocycles. The Kier molecular flexibility index (Phi) is 6.75. The molecule has 0 aliphatic carbocycles. The number of hydrogen-bond donors (Lipinski definition) is 1. The molecule has 138 valence electrons. The van der Waals surface area contributed by atoms with Gasteiger partial charge in [0, 0.05) is 39.8 Å². The normalized spacial score (nSPS) is 16.4. The topological polar surface area (TPSA) is 55.9 Å². The molecule has 0 radical (unpaired) electrons. The van der Waals surface area contributed by atoms with Crippen LogP contribution in [0.3, 0.4) is 0 Å². The van der Waals surface area contributed by atoms with Crippen molar-refractivity contribution >= 4 is 11.9 Å². The van der Waals surface area contributed by atoms with Crippen molar-refractivity contribution in [3.8, 4) is 0 Å². The SMILES string of the molecule is CCNC(=O)N1CCN(CC(=O)N(C)C(C)c2ccc(F)cc2)CC1. The number of benzene rings is 1. The van der Waals surface area contributed by atoms with Gasteiger partial charge in [0.05, 0.1) is 12.6 Å². The Morgan fingerprint density at radius 2 is 1.80 bits per heavy atom. The Labute approximate surface area is 148 Å². The third-order valence-corrected chi connectivity index (χ3v) is 4.67. The van der Waals surface area contributed by atoms with Crippen LogP contribution in [-0.2, 0) is 4.79 Å². The van der Waals surface area contributed by atoms with E-state index in [1.54, 1.807) is 29.0 Å². The largest absolute Gasteiger partial charge is 0.338 e. The van der Waals surface area contributed by atoms with Gasteiger partial charge in [-0.25, -0.2) is 9.18 Å². The van der Waals surface area contributed by atoms with E-state index in [-0.39, 0.29) is 23.8 Å². The number of nitrogens with one attached hydrogen (secondary N) is 1.